The van der Waals surface area contributed by atoms with Crippen LogP contribution in [0.2, 0.25) is 0 Å². The molecular formula is C18H23NO. The second-order valence-corrected chi connectivity index (χ2v) is 5.21. The molecule has 0 heterocycles. The third-order valence-electron chi connectivity index (χ3n) is 3.36. The van der Waals surface area contributed by atoms with Crippen LogP contribution in [-0.2, 0) is 6.54 Å². The molecule has 2 aromatic rings. The smallest absolute Gasteiger partial charge is 0.119 e. The number of ether oxygens (including phenoxy) is 1. The molecule has 1 N–H and O–H groups in total. The van der Waals surface area contributed by atoms with E-state index < -0.39 is 0 Å². The van der Waals surface area contributed by atoms with Crippen molar-refractivity contribution in [2.24, 2.45) is 0 Å². The molecule has 2 heteroatoms. The second-order valence-electron chi connectivity index (χ2n) is 5.21. The van der Waals surface area contributed by atoms with Crippen molar-refractivity contribution in [1.29, 1.82) is 0 Å². The fourth-order valence-corrected chi connectivity index (χ4v) is 2.56. The molecule has 0 radical (unpaired) electrons. The van der Waals surface area contributed by atoms with Gasteiger partial charge in [0.15, 0.2) is 0 Å². The van der Waals surface area contributed by atoms with E-state index in [-0.39, 0.29) is 0 Å². The third-order valence-corrected chi connectivity index (χ3v) is 3.36. The summed E-state index contributed by atoms with van der Waals surface area (Å²) in [7, 11) is 0. The molecule has 2 rings (SSSR count). The molecule has 0 aliphatic heterocycles. The zero-order valence-electron chi connectivity index (χ0n) is 12.8. The third kappa shape index (κ3) is 3.53. The van der Waals surface area contributed by atoms with Gasteiger partial charge < -0.3 is 10.1 Å². The van der Waals surface area contributed by atoms with Gasteiger partial charge in [-0.15, -0.1) is 0 Å². The summed E-state index contributed by atoms with van der Waals surface area (Å²) < 4.78 is 5.53. The lowest BCUT2D eigenvalue weighted by Crippen LogP contribution is -2.03. The van der Waals surface area contributed by atoms with Gasteiger partial charge in [-0.25, -0.2) is 0 Å². The normalized spacial score (nSPS) is 10.4. The average Bonchev–Trinajstić information content (AvgIpc) is 2.38. The van der Waals surface area contributed by atoms with Crippen LogP contribution in [0, 0.1) is 20.8 Å². The Morgan fingerprint density at radius 3 is 2.35 bits per heavy atom. The Labute approximate surface area is 121 Å². The van der Waals surface area contributed by atoms with Crippen LogP contribution in [0.3, 0.4) is 0 Å². The molecule has 0 bridgehead atoms. The number of aryl methyl sites for hydroxylation is 3. The Morgan fingerprint density at radius 1 is 1.00 bits per heavy atom. The van der Waals surface area contributed by atoms with Crippen LogP contribution >= 0.6 is 0 Å². The van der Waals surface area contributed by atoms with Crippen LogP contribution in [0.5, 0.6) is 5.75 Å². The van der Waals surface area contributed by atoms with Gasteiger partial charge >= 0.3 is 0 Å². The first-order chi connectivity index (χ1) is 9.60. The average molecular weight is 269 g/mol. The molecule has 0 aromatic heterocycles. The molecule has 106 valence electrons. The van der Waals surface area contributed by atoms with Crippen LogP contribution in [0.4, 0.5) is 5.69 Å². The molecular weight excluding hydrogens is 246 g/mol. The van der Waals surface area contributed by atoms with E-state index in [1.54, 1.807) is 0 Å². The molecule has 0 aliphatic rings. The lowest BCUT2D eigenvalue weighted by atomic mass is 10.0. The molecule has 0 spiro atoms. The number of anilines is 1. The van der Waals surface area contributed by atoms with Gasteiger partial charge in [-0.3, -0.25) is 0 Å². The lowest BCUT2D eigenvalue weighted by Gasteiger charge is -2.14. The molecule has 0 unspecified atom stereocenters. The van der Waals surface area contributed by atoms with Crippen LogP contribution in [-0.4, -0.2) is 6.61 Å². The Hall–Kier alpha value is -1.96. The number of nitrogens with one attached hydrogen (secondary N) is 1. The summed E-state index contributed by atoms with van der Waals surface area (Å²) in [6.45, 7) is 9.95. The highest BCUT2D eigenvalue weighted by Crippen LogP contribution is 2.23. The highest BCUT2D eigenvalue weighted by molar-refractivity contribution is 5.58. The maximum absolute atomic E-state index is 5.53. The predicted molar refractivity (Wildman–Crippen MR) is 85.6 cm³/mol. The fraction of sp³-hybridized carbons (Fsp3) is 0.333. The van der Waals surface area contributed by atoms with Crippen LogP contribution in [0.25, 0.3) is 0 Å². The van der Waals surface area contributed by atoms with E-state index in [9.17, 15) is 0 Å². The van der Waals surface area contributed by atoms with Crippen LogP contribution in [0.15, 0.2) is 36.4 Å². The van der Waals surface area contributed by atoms with Crippen molar-refractivity contribution in [1.82, 2.24) is 0 Å². The molecule has 2 aromatic carbocycles. The molecule has 0 atom stereocenters. The van der Waals surface area contributed by atoms with Gasteiger partial charge in [-0.2, -0.15) is 0 Å². The van der Waals surface area contributed by atoms with Crippen molar-refractivity contribution in [3.8, 4) is 5.75 Å². The maximum atomic E-state index is 5.53. The highest BCUT2D eigenvalue weighted by Gasteiger charge is 2.04. The van der Waals surface area contributed by atoms with Crippen molar-refractivity contribution in [2.75, 3.05) is 11.9 Å². The van der Waals surface area contributed by atoms with Crippen molar-refractivity contribution in [2.45, 2.75) is 34.2 Å². The molecule has 20 heavy (non-hydrogen) atoms. The number of rotatable bonds is 5. The van der Waals surface area contributed by atoms with Gasteiger partial charge in [0.25, 0.3) is 0 Å². The summed E-state index contributed by atoms with van der Waals surface area (Å²) in [5, 5.41) is 3.54. The van der Waals surface area contributed by atoms with E-state index in [4.69, 9.17) is 4.74 Å². The monoisotopic (exact) mass is 269 g/mol. The summed E-state index contributed by atoms with van der Waals surface area (Å²) in [6, 6.07) is 12.7. The summed E-state index contributed by atoms with van der Waals surface area (Å²) >= 11 is 0. The molecule has 2 nitrogen and oxygen atoms in total. The summed E-state index contributed by atoms with van der Waals surface area (Å²) in [6.07, 6.45) is 0. The number of hydrogen-bond donors (Lipinski definition) is 1. The molecule has 0 saturated heterocycles. The first-order valence-corrected chi connectivity index (χ1v) is 7.13. The van der Waals surface area contributed by atoms with Gasteiger partial charge in [0, 0.05) is 12.2 Å². The van der Waals surface area contributed by atoms with Crippen LogP contribution < -0.4 is 10.1 Å². The Bertz CT molecular complexity index is 567. The Morgan fingerprint density at radius 2 is 1.70 bits per heavy atom. The Balaban J connectivity index is 2.11. The van der Waals surface area contributed by atoms with Crippen molar-refractivity contribution in [3.05, 3.63) is 58.7 Å². The summed E-state index contributed by atoms with van der Waals surface area (Å²) in [5.41, 5.74) is 6.36. The molecule has 0 fully saturated rings. The minimum absolute atomic E-state index is 0.701. The summed E-state index contributed by atoms with van der Waals surface area (Å²) in [4.78, 5) is 0. The van der Waals surface area contributed by atoms with E-state index in [1.165, 1.54) is 27.9 Å². The minimum atomic E-state index is 0.701. The molecule has 0 saturated carbocycles. The van der Waals surface area contributed by atoms with E-state index in [0.717, 1.165) is 12.3 Å². The maximum Gasteiger partial charge on any atom is 0.119 e. The van der Waals surface area contributed by atoms with E-state index in [2.05, 4.69) is 50.4 Å². The second kappa shape index (κ2) is 6.47. The van der Waals surface area contributed by atoms with Crippen molar-refractivity contribution in [3.63, 3.8) is 0 Å². The van der Waals surface area contributed by atoms with Gasteiger partial charge in [0.1, 0.15) is 5.75 Å². The lowest BCUT2D eigenvalue weighted by molar-refractivity contribution is 0.340. The van der Waals surface area contributed by atoms with Crippen molar-refractivity contribution >= 4 is 5.69 Å². The largest absolute Gasteiger partial charge is 0.494 e. The first-order valence-electron chi connectivity index (χ1n) is 7.13. The number of benzene rings is 2. The van der Waals surface area contributed by atoms with E-state index in [0.29, 0.717) is 6.61 Å². The van der Waals surface area contributed by atoms with Gasteiger partial charge in [0.2, 0.25) is 0 Å². The topological polar surface area (TPSA) is 21.3 Å². The fourth-order valence-electron chi connectivity index (χ4n) is 2.56. The summed E-state index contributed by atoms with van der Waals surface area (Å²) in [5.74, 6) is 0.934. The van der Waals surface area contributed by atoms with Gasteiger partial charge in [-0.1, -0.05) is 29.8 Å². The SMILES string of the molecule is CCOc1cccc(CNc2c(C)cc(C)cc2C)c1. The Kier molecular flexibility index (Phi) is 4.67. The predicted octanol–water partition coefficient (Wildman–Crippen LogP) is 4.62. The molecule has 0 aliphatic carbocycles. The van der Waals surface area contributed by atoms with Crippen LogP contribution in [0.1, 0.15) is 29.2 Å². The molecule has 0 amide bonds. The van der Waals surface area contributed by atoms with E-state index >= 15 is 0 Å². The zero-order valence-corrected chi connectivity index (χ0v) is 12.8. The number of hydrogen-bond acceptors (Lipinski definition) is 2. The first kappa shape index (κ1) is 14.4. The zero-order chi connectivity index (χ0) is 14.5. The minimum Gasteiger partial charge on any atom is -0.494 e. The van der Waals surface area contributed by atoms with Gasteiger partial charge in [-0.05, 0) is 56.5 Å². The quantitative estimate of drug-likeness (QED) is 0.855. The van der Waals surface area contributed by atoms with E-state index in [1.807, 2.05) is 19.1 Å². The standard InChI is InChI=1S/C18H23NO/c1-5-20-17-8-6-7-16(11-17)12-19-18-14(3)9-13(2)10-15(18)4/h6-11,19H,5,12H2,1-4H3. The van der Waals surface area contributed by atoms with Gasteiger partial charge in [0.05, 0.1) is 6.61 Å². The highest BCUT2D eigenvalue weighted by atomic mass is 16.5. The van der Waals surface area contributed by atoms with Crippen molar-refractivity contribution < 1.29 is 4.74 Å².